The molecule has 3 aromatic rings. The number of hydrogen-bond acceptors (Lipinski definition) is 3. The summed E-state index contributed by atoms with van der Waals surface area (Å²) < 4.78 is 3.47. The van der Waals surface area contributed by atoms with E-state index < -0.39 is 0 Å². The molecule has 3 heterocycles. The Morgan fingerprint density at radius 1 is 1.27 bits per heavy atom. The number of para-hydroxylation sites is 2. The molecular weight excluding hydrogens is 278 g/mol. The molecule has 0 aliphatic carbocycles. The summed E-state index contributed by atoms with van der Waals surface area (Å²) in [4.78, 5) is 25.1. The second-order valence-corrected chi connectivity index (χ2v) is 5.31. The Morgan fingerprint density at radius 2 is 2.09 bits per heavy atom. The minimum Gasteiger partial charge on any atom is -0.337 e. The highest BCUT2D eigenvalue weighted by atomic mass is 16.1. The van der Waals surface area contributed by atoms with Gasteiger partial charge in [-0.2, -0.15) is 0 Å². The molecule has 1 N–H and O–H groups in total. The van der Waals surface area contributed by atoms with Crippen LogP contribution in [-0.4, -0.2) is 25.7 Å². The highest BCUT2D eigenvalue weighted by Gasteiger charge is 2.12. The largest absolute Gasteiger partial charge is 0.337 e. The maximum atomic E-state index is 12.8. The van der Waals surface area contributed by atoms with Crippen LogP contribution in [0, 0.1) is 6.92 Å². The molecule has 0 saturated heterocycles. The third-order valence-corrected chi connectivity index (χ3v) is 4.01. The second-order valence-electron chi connectivity index (χ2n) is 5.31. The van der Waals surface area contributed by atoms with E-state index >= 15 is 0 Å². The fourth-order valence-electron chi connectivity index (χ4n) is 2.77. The van der Waals surface area contributed by atoms with Crippen molar-refractivity contribution in [1.29, 1.82) is 0 Å². The molecule has 22 heavy (non-hydrogen) atoms. The molecule has 1 aliphatic rings. The standard InChI is InChI=1S/C16H15N5O/c1-10-14-16(22)21(20(10)2)13-8-4-3-6-11(13)19-15-12(18-14)7-5-9-17-15/h3-8H,9H2,1-2H3,(H,17,19). The molecule has 0 spiro atoms. The molecule has 0 atom stereocenters. The number of benzene rings is 1. The molecule has 0 radical (unpaired) electrons. The van der Waals surface area contributed by atoms with Crippen LogP contribution in [0.3, 0.4) is 0 Å². The Morgan fingerprint density at radius 3 is 2.95 bits per heavy atom. The van der Waals surface area contributed by atoms with Crippen LogP contribution in [0.4, 0.5) is 0 Å². The zero-order valence-electron chi connectivity index (χ0n) is 12.4. The summed E-state index contributed by atoms with van der Waals surface area (Å²) in [5.74, 6) is 0. The van der Waals surface area contributed by atoms with E-state index in [0.717, 1.165) is 16.7 Å². The lowest BCUT2D eigenvalue weighted by Crippen LogP contribution is -2.15. The Kier molecular flexibility index (Phi) is 2.66. The Bertz CT molecular complexity index is 1100. The lowest BCUT2D eigenvalue weighted by Gasteiger charge is -2.04. The molecule has 110 valence electrons. The van der Waals surface area contributed by atoms with Gasteiger partial charge in [-0.1, -0.05) is 18.2 Å². The van der Waals surface area contributed by atoms with Crippen LogP contribution in [0.25, 0.3) is 22.6 Å². The van der Waals surface area contributed by atoms with Crippen LogP contribution in [0.5, 0.6) is 0 Å². The second kappa shape index (κ2) is 4.56. The molecular formula is C16H15N5O. The fourth-order valence-corrected chi connectivity index (χ4v) is 2.77. The SMILES string of the molecule is Cc1c2nc3c([nH]c4ccccc4n(c2=O)n1C)=NCC=C3. The third-order valence-electron chi connectivity index (χ3n) is 4.01. The van der Waals surface area contributed by atoms with E-state index in [-0.39, 0.29) is 5.56 Å². The molecule has 0 unspecified atom stereocenters. The van der Waals surface area contributed by atoms with Gasteiger partial charge in [-0.3, -0.25) is 14.5 Å². The Hall–Kier alpha value is -2.89. The first-order chi connectivity index (χ1) is 10.7. The minimum absolute atomic E-state index is 0.123. The number of rotatable bonds is 0. The van der Waals surface area contributed by atoms with Crippen molar-refractivity contribution in [3.8, 4) is 0 Å². The van der Waals surface area contributed by atoms with E-state index in [2.05, 4.69) is 15.0 Å². The minimum atomic E-state index is -0.123. The van der Waals surface area contributed by atoms with Crippen molar-refractivity contribution in [2.75, 3.05) is 6.54 Å². The lowest BCUT2D eigenvalue weighted by molar-refractivity contribution is 0.677. The lowest BCUT2D eigenvalue weighted by atomic mass is 10.3. The predicted octanol–water partition coefficient (Wildman–Crippen LogP) is 1.31. The van der Waals surface area contributed by atoms with Gasteiger partial charge in [0.15, 0.2) is 11.0 Å². The molecule has 0 amide bonds. The average Bonchev–Trinajstić information content (AvgIpc) is 2.76. The molecule has 1 aliphatic heterocycles. The number of nitrogens with zero attached hydrogens (tertiary/aromatic N) is 4. The van der Waals surface area contributed by atoms with Crippen molar-refractivity contribution >= 4 is 22.6 Å². The summed E-state index contributed by atoms with van der Waals surface area (Å²) in [6.07, 6.45) is 3.84. The van der Waals surface area contributed by atoms with Gasteiger partial charge in [0, 0.05) is 7.05 Å². The first-order valence-corrected chi connectivity index (χ1v) is 7.12. The van der Waals surface area contributed by atoms with Crippen LogP contribution in [0.1, 0.15) is 11.4 Å². The number of H-pyrrole nitrogens is 1. The van der Waals surface area contributed by atoms with Gasteiger partial charge in [-0.25, -0.2) is 9.50 Å². The van der Waals surface area contributed by atoms with Crippen LogP contribution in [0.2, 0.25) is 0 Å². The van der Waals surface area contributed by atoms with Crippen molar-refractivity contribution in [2.45, 2.75) is 6.92 Å². The van der Waals surface area contributed by atoms with E-state index in [1.54, 1.807) is 4.52 Å². The van der Waals surface area contributed by atoms with Crippen LogP contribution < -0.4 is 11.0 Å². The predicted molar refractivity (Wildman–Crippen MR) is 85.3 cm³/mol. The van der Waals surface area contributed by atoms with Gasteiger partial charge in [0.25, 0.3) is 5.56 Å². The maximum Gasteiger partial charge on any atom is 0.297 e. The fraction of sp³-hybridized carbons (Fsp3) is 0.188. The van der Waals surface area contributed by atoms with Gasteiger partial charge < -0.3 is 4.98 Å². The molecule has 2 bridgehead atoms. The van der Waals surface area contributed by atoms with Crippen LogP contribution in [0.15, 0.2) is 40.1 Å². The summed E-state index contributed by atoms with van der Waals surface area (Å²) in [6, 6.07) is 7.70. The molecule has 2 aromatic heterocycles. The van der Waals surface area contributed by atoms with Gasteiger partial charge in [-0.05, 0) is 25.1 Å². The number of aryl methyl sites for hydroxylation is 2. The third kappa shape index (κ3) is 1.70. The summed E-state index contributed by atoms with van der Waals surface area (Å²) in [6.45, 7) is 2.51. The number of nitrogens with one attached hydrogen (secondary N) is 1. The van der Waals surface area contributed by atoms with E-state index in [0.29, 0.717) is 23.2 Å². The monoisotopic (exact) mass is 293 g/mol. The summed E-state index contributed by atoms with van der Waals surface area (Å²) in [5, 5.41) is 0. The highest BCUT2D eigenvalue weighted by molar-refractivity contribution is 5.74. The van der Waals surface area contributed by atoms with Crippen molar-refractivity contribution in [2.24, 2.45) is 12.0 Å². The van der Waals surface area contributed by atoms with E-state index in [1.807, 2.05) is 55.1 Å². The molecule has 6 heteroatoms. The zero-order chi connectivity index (χ0) is 15.3. The van der Waals surface area contributed by atoms with Gasteiger partial charge in [0.2, 0.25) is 0 Å². The van der Waals surface area contributed by atoms with Gasteiger partial charge in [0.05, 0.1) is 23.3 Å². The average molecular weight is 293 g/mol. The van der Waals surface area contributed by atoms with Gasteiger partial charge in [-0.15, -0.1) is 0 Å². The molecule has 1 aromatic carbocycles. The Labute approximate surface area is 125 Å². The number of fused-ring (bicyclic) bond motifs is 5. The molecule has 0 saturated carbocycles. The summed E-state index contributed by atoms with van der Waals surface area (Å²) >= 11 is 0. The van der Waals surface area contributed by atoms with Gasteiger partial charge in [0.1, 0.15) is 5.69 Å². The van der Waals surface area contributed by atoms with Crippen molar-refractivity contribution in [3.63, 3.8) is 0 Å². The van der Waals surface area contributed by atoms with Crippen molar-refractivity contribution in [3.05, 3.63) is 57.6 Å². The van der Waals surface area contributed by atoms with Gasteiger partial charge >= 0.3 is 0 Å². The topological polar surface area (TPSA) is 67.5 Å². The number of aromatic nitrogens is 4. The van der Waals surface area contributed by atoms with E-state index in [9.17, 15) is 4.79 Å². The van der Waals surface area contributed by atoms with Crippen LogP contribution >= 0.6 is 0 Å². The number of hydrogen-bond donors (Lipinski definition) is 1. The summed E-state index contributed by atoms with van der Waals surface area (Å²) in [7, 11) is 1.87. The first-order valence-electron chi connectivity index (χ1n) is 7.12. The van der Waals surface area contributed by atoms with E-state index in [4.69, 9.17) is 0 Å². The van der Waals surface area contributed by atoms with Crippen molar-refractivity contribution < 1.29 is 0 Å². The molecule has 6 nitrogen and oxygen atoms in total. The smallest absolute Gasteiger partial charge is 0.297 e. The normalized spacial score (nSPS) is 13.2. The molecule has 0 fully saturated rings. The summed E-state index contributed by atoms with van der Waals surface area (Å²) in [5.41, 5.74) is 4.16. The van der Waals surface area contributed by atoms with E-state index in [1.165, 1.54) is 0 Å². The first kappa shape index (κ1) is 12.8. The zero-order valence-corrected chi connectivity index (χ0v) is 12.4. The Balaban J connectivity index is 2.44. The number of aromatic amines is 1. The quantitative estimate of drug-likeness (QED) is 0.679. The van der Waals surface area contributed by atoms with Crippen LogP contribution in [-0.2, 0) is 7.05 Å². The maximum absolute atomic E-state index is 12.8. The van der Waals surface area contributed by atoms with Crippen molar-refractivity contribution in [1.82, 2.24) is 19.2 Å². The molecule has 4 rings (SSSR count). The highest BCUT2D eigenvalue weighted by Crippen LogP contribution is 2.10.